The number of aromatic nitrogens is 1. The van der Waals surface area contributed by atoms with Gasteiger partial charge in [-0.15, -0.1) is 11.3 Å². The molecule has 2 aromatic rings. The minimum Gasteiger partial charge on any atom is -0.481 e. The van der Waals surface area contributed by atoms with E-state index >= 15 is 0 Å². The molecule has 4 nitrogen and oxygen atoms in total. The van der Waals surface area contributed by atoms with Crippen molar-refractivity contribution in [3.05, 3.63) is 46.3 Å². The zero-order chi connectivity index (χ0) is 13.7. The van der Waals surface area contributed by atoms with Gasteiger partial charge in [-0.25, -0.2) is 4.98 Å². The maximum Gasteiger partial charge on any atom is 0.251 e. The third-order valence-electron chi connectivity index (χ3n) is 2.46. The van der Waals surface area contributed by atoms with Crippen LogP contribution >= 0.6 is 11.3 Å². The van der Waals surface area contributed by atoms with Crippen LogP contribution in [-0.4, -0.2) is 18.0 Å². The quantitative estimate of drug-likeness (QED) is 0.871. The standard InChI is InChI=1S/C14H14N2O2S/c1-10(8-12-4-3-7-19-12)14(17)16-11-5-6-13(18-2)15-9-11/h3-9H,1-2H3,(H,16,17)/b10-8+. The van der Waals surface area contributed by atoms with Gasteiger partial charge in [-0.3, -0.25) is 4.79 Å². The van der Waals surface area contributed by atoms with Gasteiger partial charge in [0.2, 0.25) is 5.88 Å². The Kier molecular flexibility index (Phi) is 4.30. The van der Waals surface area contributed by atoms with Crippen LogP contribution < -0.4 is 10.1 Å². The molecule has 0 aliphatic carbocycles. The SMILES string of the molecule is COc1ccc(NC(=O)/C(C)=C/c2cccs2)cn1. The third-order valence-corrected chi connectivity index (χ3v) is 3.28. The first-order valence-electron chi connectivity index (χ1n) is 5.72. The lowest BCUT2D eigenvalue weighted by atomic mass is 10.2. The first-order valence-corrected chi connectivity index (χ1v) is 6.60. The van der Waals surface area contributed by atoms with Gasteiger partial charge in [-0.1, -0.05) is 6.07 Å². The fraction of sp³-hybridized carbons (Fsp3) is 0.143. The van der Waals surface area contributed by atoms with Crippen LogP contribution in [0.1, 0.15) is 11.8 Å². The van der Waals surface area contributed by atoms with E-state index < -0.39 is 0 Å². The van der Waals surface area contributed by atoms with E-state index in [1.165, 1.54) is 0 Å². The fourth-order valence-electron chi connectivity index (χ4n) is 1.46. The molecule has 0 unspecified atom stereocenters. The first kappa shape index (κ1) is 13.3. The van der Waals surface area contributed by atoms with Crippen molar-refractivity contribution in [1.29, 1.82) is 0 Å². The maximum atomic E-state index is 12.0. The molecule has 0 spiro atoms. The molecule has 2 aromatic heterocycles. The van der Waals surface area contributed by atoms with Gasteiger partial charge in [0.15, 0.2) is 0 Å². The molecule has 1 amide bonds. The molecule has 1 N–H and O–H groups in total. The summed E-state index contributed by atoms with van der Waals surface area (Å²) in [6.45, 7) is 1.78. The Labute approximate surface area is 115 Å². The van der Waals surface area contributed by atoms with Gasteiger partial charge in [-0.2, -0.15) is 0 Å². The van der Waals surface area contributed by atoms with Crippen LogP contribution in [0.2, 0.25) is 0 Å². The predicted octanol–water partition coefficient (Wildman–Crippen LogP) is 3.19. The molecule has 0 aliphatic rings. The number of ether oxygens (including phenoxy) is 1. The Morgan fingerprint density at radius 3 is 2.84 bits per heavy atom. The van der Waals surface area contributed by atoms with Crippen LogP contribution in [0.4, 0.5) is 5.69 Å². The highest BCUT2D eigenvalue weighted by Gasteiger charge is 2.05. The van der Waals surface area contributed by atoms with Crippen molar-refractivity contribution in [2.45, 2.75) is 6.92 Å². The van der Waals surface area contributed by atoms with Crippen LogP contribution in [0.15, 0.2) is 41.4 Å². The maximum absolute atomic E-state index is 12.0. The summed E-state index contributed by atoms with van der Waals surface area (Å²) in [5, 5.41) is 4.76. The molecule has 5 heteroatoms. The summed E-state index contributed by atoms with van der Waals surface area (Å²) in [5.74, 6) is 0.379. The summed E-state index contributed by atoms with van der Waals surface area (Å²) >= 11 is 1.59. The Morgan fingerprint density at radius 1 is 1.42 bits per heavy atom. The average molecular weight is 274 g/mol. The zero-order valence-electron chi connectivity index (χ0n) is 10.7. The number of amides is 1. The second-order valence-electron chi connectivity index (χ2n) is 3.89. The lowest BCUT2D eigenvalue weighted by Gasteiger charge is -2.05. The fourth-order valence-corrected chi connectivity index (χ4v) is 2.17. The molecule has 2 heterocycles. The lowest BCUT2D eigenvalue weighted by Crippen LogP contribution is -2.12. The highest BCUT2D eigenvalue weighted by molar-refractivity contribution is 7.10. The van der Waals surface area contributed by atoms with E-state index in [4.69, 9.17) is 4.74 Å². The van der Waals surface area contributed by atoms with Crippen molar-refractivity contribution in [2.24, 2.45) is 0 Å². The number of thiophene rings is 1. The second kappa shape index (κ2) is 6.15. The zero-order valence-corrected chi connectivity index (χ0v) is 11.5. The van der Waals surface area contributed by atoms with Crippen LogP contribution in [0.5, 0.6) is 5.88 Å². The van der Waals surface area contributed by atoms with Gasteiger partial charge in [0.25, 0.3) is 5.91 Å². The van der Waals surface area contributed by atoms with Gasteiger partial charge in [0.1, 0.15) is 0 Å². The Bertz CT molecular complexity index is 574. The highest BCUT2D eigenvalue weighted by atomic mass is 32.1. The molecule has 0 saturated heterocycles. The Hall–Kier alpha value is -2.14. The number of pyridine rings is 1. The van der Waals surface area contributed by atoms with Gasteiger partial charge < -0.3 is 10.1 Å². The van der Waals surface area contributed by atoms with Crippen LogP contribution in [0.3, 0.4) is 0 Å². The molecule has 0 bridgehead atoms. The number of anilines is 1. The van der Waals surface area contributed by atoms with E-state index in [0.29, 0.717) is 17.1 Å². The minimum atomic E-state index is -0.139. The summed E-state index contributed by atoms with van der Waals surface area (Å²) < 4.78 is 4.96. The number of hydrogen-bond acceptors (Lipinski definition) is 4. The van der Waals surface area contributed by atoms with Gasteiger partial charge in [0.05, 0.1) is 19.0 Å². The number of nitrogens with one attached hydrogen (secondary N) is 1. The summed E-state index contributed by atoms with van der Waals surface area (Å²) in [4.78, 5) is 17.0. The number of hydrogen-bond donors (Lipinski definition) is 1. The number of methoxy groups -OCH3 is 1. The highest BCUT2D eigenvalue weighted by Crippen LogP contribution is 2.15. The van der Waals surface area contributed by atoms with Crippen molar-refractivity contribution in [1.82, 2.24) is 4.98 Å². The monoisotopic (exact) mass is 274 g/mol. The third kappa shape index (κ3) is 3.66. The van der Waals surface area contributed by atoms with Crippen molar-refractivity contribution in [3.63, 3.8) is 0 Å². The Morgan fingerprint density at radius 2 is 2.26 bits per heavy atom. The summed E-state index contributed by atoms with van der Waals surface area (Å²) in [6.07, 6.45) is 3.42. The molecule has 0 saturated carbocycles. The molecule has 0 aliphatic heterocycles. The summed E-state index contributed by atoms with van der Waals surface area (Å²) in [5.41, 5.74) is 1.29. The van der Waals surface area contributed by atoms with Crippen molar-refractivity contribution < 1.29 is 9.53 Å². The molecule has 0 fully saturated rings. The second-order valence-corrected chi connectivity index (χ2v) is 4.87. The molecule has 0 atom stereocenters. The molecule has 19 heavy (non-hydrogen) atoms. The van der Waals surface area contributed by atoms with Crippen LogP contribution in [0, 0.1) is 0 Å². The predicted molar refractivity (Wildman–Crippen MR) is 77.4 cm³/mol. The van der Waals surface area contributed by atoms with E-state index in [2.05, 4.69) is 10.3 Å². The van der Waals surface area contributed by atoms with Crippen molar-refractivity contribution in [3.8, 4) is 5.88 Å². The van der Waals surface area contributed by atoms with Crippen molar-refractivity contribution in [2.75, 3.05) is 12.4 Å². The van der Waals surface area contributed by atoms with E-state index in [1.54, 1.807) is 43.7 Å². The van der Waals surface area contributed by atoms with Gasteiger partial charge in [0, 0.05) is 16.5 Å². The van der Waals surface area contributed by atoms with E-state index in [1.807, 2.05) is 23.6 Å². The van der Waals surface area contributed by atoms with Crippen molar-refractivity contribution >= 4 is 29.0 Å². The number of rotatable bonds is 4. The van der Waals surface area contributed by atoms with Crippen LogP contribution in [0.25, 0.3) is 6.08 Å². The largest absolute Gasteiger partial charge is 0.481 e. The van der Waals surface area contributed by atoms with E-state index in [9.17, 15) is 4.79 Å². The molecule has 0 aromatic carbocycles. The molecular formula is C14H14N2O2S. The normalized spacial score (nSPS) is 11.2. The summed E-state index contributed by atoms with van der Waals surface area (Å²) in [6, 6.07) is 7.38. The Balaban J connectivity index is 2.04. The van der Waals surface area contributed by atoms with Gasteiger partial charge >= 0.3 is 0 Å². The minimum absolute atomic E-state index is 0.139. The number of nitrogens with zero attached hydrogens (tertiary/aromatic N) is 1. The molecular weight excluding hydrogens is 260 g/mol. The molecule has 0 radical (unpaired) electrons. The van der Waals surface area contributed by atoms with E-state index in [-0.39, 0.29) is 5.91 Å². The van der Waals surface area contributed by atoms with Gasteiger partial charge in [-0.05, 0) is 30.5 Å². The van der Waals surface area contributed by atoms with E-state index in [0.717, 1.165) is 4.88 Å². The molecule has 98 valence electrons. The lowest BCUT2D eigenvalue weighted by molar-refractivity contribution is -0.112. The molecule has 2 rings (SSSR count). The average Bonchev–Trinajstić information content (AvgIpc) is 2.92. The summed E-state index contributed by atoms with van der Waals surface area (Å²) in [7, 11) is 1.55. The van der Waals surface area contributed by atoms with Crippen LogP contribution in [-0.2, 0) is 4.79 Å². The number of carbonyl (C=O) groups excluding carboxylic acids is 1. The topological polar surface area (TPSA) is 51.2 Å². The number of carbonyl (C=O) groups is 1. The smallest absolute Gasteiger partial charge is 0.251 e. The first-order chi connectivity index (χ1) is 9.19.